The van der Waals surface area contributed by atoms with Crippen molar-refractivity contribution in [3.63, 3.8) is 0 Å². The van der Waals surface area contributed by atoms with Crippen molar-refractivity contribution in [3.8, 4) is 5.75 Å². The third-order valence-corrected chi connectivity index (χ3v) is 3.48. The lowest BCUT2D eigenvalue weighted by atomic mass is 10.1. The number of hydrogen-bond acceptors (Lipinski definition) is 2. The average Bonchev–Trinajstić information content (AvgIpc) is 2.29. The highest BCUT2D eigenvalue weighted by Crippen LogP contribution is 2.25. The van der Waals surface area contributed by atoms with Crippen molar-refractivity contribution < 1.29 is 4.74 Å². The fraction of sp³-hybridized carbons (Fsp3) is 0.538. The summed E-state index contributed by atoms with van der Waals surface area (Å²) in [6.07, 6.45) is 1.06. The Hall–Kier alpha value is -0.250. The first-order valence-electron chi connectivity index (χ1n) is 5.76. The normalized spacial score (nSPS) is 12.5. The molecule has 2 nitrogen and oxygen atoms in total. The van der Waals surface area contributed by atoms with Gasteiger partial charge in [-0.2, -0.15) is 0 Å². The van der Waals surface area contributed by atoms with Crippen LogP contribution < -0.4 is 10.1 Å². The number of ether oxygens (including phenoxy) is 1. The molecule has 1 atom stereocenters. The molecule has 4 heteroatoms. The third-order valence-electron chi connectivity index (χ3n) is 2.64. The zero-order chi connectivity index (χ0) is 12.7. The number of methoxy groups -OCH3 is 1. The van der Waals surface area contributed by atoms with Crippen LogP contribution in [0.15, 0.2) is 22.7 Å². The van der Waals surface area contributed by atoms with Gasteiger partial charge in [0.2, 0.25) is 0 Å². The Bertz CT molecular complexity index is 346. The van der Waals surface area contributed by atoms with E-state index in [1.165, 1.54) is 5.56 Å². The standard InChI is InChI=1S/C13H19BrClNO/c1-10(5-6-15)8-16-9-11-3-4-13(17-2)12(14)7-11/h3-4,7,10,16H,5-6,8-9H2,1-2H3. The Kier molecular flexibility index (Phi) is 6.93. The summed E-state index contributed by atoms with van der Waals surface area (Å²) < 4.78 is 6.19. The van der Waals surface area contributed by atoms with Crippen LogP contribution in [-0.4, -0.2) is 19.5 Å². The molecule has 0 spiro atoms. The van der Waals surface area contributed by atoms with Crippen LogP contribution >= 0.6 is 27.5 Å². The van der Waals surface area contributed by atoms with E-state index in [0.717, 1.165) is 35.6 Å². The molecule has 0 fully saturated rings. The Morgan fingerprint density at radius 2 is 2.24 bits per heavy atom. The number of halogens is 2. The van der Waals surface area contributed by atoms with Crippen LogP contribution in [0.3, 0.4) is 0 Å². The van der Waals surface area contributed by atoms with E-state index in [2.05, 4.69) is 40.3 Å². The molecule has 0 bridgehead atoms. The monoisotopic (exact) mass is 319 g/mol. The molecule has 0 aromatic heterocycles. The lowest BCUT2D eigenvalue weighted by Crippen LogP contribution is -2.21. The third kappa shape index (κ3) is 5.28. The molecular weight excluding hydrogens is 302 g/mol. The summed E-state index contributed by atoms with van der Waals surface area (Å²) in [5, 5.41) is 3.43. The largest absolute Gasteiger partial charge is 0.496 e. The Balaban J connectivity index is 2.39. The minimum Gasteiger partial charge on any atom is -0.496 e. The second-order valence-corrected chi connectivity index (χ2v) is 5.41. The molecule has 0 amide bonds. The summed E-state index contributed by atoms with van der Waals surface area (Å²) in [5.41, 5.74) is 1.25. The molecule has 0 radical (unpaired) electrons. The first kappa shape index (κ1) is 14.8. The number of hydrogen-bond donors (Lipinski definition) is 1. The molecule has 0 saturated heterocycles. The predicted octanol–water partition coefficient (Wildman–Crippen LogP) is 3.81. The van der Waals surface area contributed by atoms with Gasteiger partial charge in [0, 0.05) is 12.4 Å². The fourth-order valence-corrected chi connectivity index (χ4v) is 2.53. The number of rotatable bonds is 7. The quantitative estimate of drug-likeness (QED) is 0.771. The molecular formula is C13H19BrClNO. The van der Waals surface area contributed by atoms with Gasteiger partial charge in [-0.1, -0.05) is 13.0 Å². The highest BCUT2D eigenvalue weighted by Gasteiger charge is 2.03. The van der Waals surface area contributed by atoms with Crippen LogP contribution in [0, 0.1) is 5.92 Å². The number of alkyl halides is 1. The average molecular weight is 321 g/mol. The number of nitrogens with one attached hydrogen (secondary N) is 1. The topological polar surface area (TPSA) is 21.3 Å². The maximum Gasteiger partial charge on any atom is 0.133 e. The maximum atomic E-state index is 5.70. The van der Waals surface area contributed by atoms with Gasteiger partial charge in [0.25, 0.3) is 0 Å². The molecule has 0 heterocycles. The van der Waals surface area contributed by atoms with Gasteiger partial charge in [-0.05, 0) is 52.5 Å². The van der Waals surface area contributed by atoms with Gasteiger partial charge in [-0.3, -0.25) is 0 Å². The predicted molar refractivity (Wildman–Crippen MR) is 76.9 cm³/mol. The van der Waals surface area contributed by atoms with Crippen molar-refractivity contribution >= 4 is 27.5 Å². The van der Waals surface area contributed by atoms with Crippen molar-refractivity contribution in [3.05, 3.63) is 28.2 Å². The first-order chi connectivity index (χ1) is 8.17. The van der Waals surface area contributed by atoms with Gasteiger partial charge in [0.15, 0.2) is 0 Å². The molecule has 96 valence electrons. The molecule has 0 aliphatic carbocycles. The van der Waals surface area contributed by atoms with Crippen LogP contribution in [0.4, 0.5) is 0 Å². The SMILES string of the molecule is COc1ccc(CNCC(C)CCCl)cc1Br. The van der Waals surface area contributed by atoms with E-state index in [1.54, 1.807) is 7.11 Å². The fourth-order valence-electron chi connectivity index (χ4n) is 1.57. The molecule has 0 saturated carbocycles. The minimum atomic E-state index is 0.620. The van der Waals surface area contributed by atoms with Crippen molar-refractivity contribution in [1.29, 1.82) is 0 Å². The lowest BCUT2D eigenvalue weighted by molar-refractivity contribution is 0.412. The molecule has 1 aromatic rings. The minimum absolute atomic E-state index is 0.620. The second kappa shape index (κ2) is 7.96. The van der Waals surface area contributed by atoms with Crippen molar-refractivity contribution in [2.45, 2.75) is 19.9 Å². The van der Waals surface area contributed by atoms with Crippen molar-refractivity contribution in [2.75, 3.05) is 19.5 Å². The highest BCUT2D eigenvalue weighted by molar-refractivity contribution is 9.10. The van der Waals surface area contributed by atoms with E-state index < -0.39 is 0 Å². The van der Waals surface area contributed by atoms with E-state index in [0.29, 0.717) is 5.92 Å². The summed E-state index contributed by atoms with van der Waals surface area (Å²) >= 11 is 9.18. The van der Waals surface area contributed by atoms with Gasteiger partial charge in [0.1, 0.15) is 5.75 Å². The Labute approximate surface area is 117 Å². The Morgan fingerprint density at radius 1 is 1.47 bits per heavy atom. The first-order valence-corrected chi connectivity index (χ1v) is 7.09. The number of benzene rings is 1. The molecule has 1 rings (SSSR count). The summed E-state index contributed by atoms with van der Waals surface area (Å²) in [6.45, 7) is 4.07. The molecule has 17 heavy (non-hydrogen) atoms. The molecule has 1 unspecified atom stereocenters. The highest BCUT2D eigenvalue weighted by atomic mass is 79.9. The second-order valence-electron chi connectivity index (χ2n) is 4.18. The van der Waals surface area contributed by atoms with Gasteiger partial charge in [-0.15, -0.1) is 11.6 Å². The molecule has 1 aromatic carbocycles. The maximum absolute atomic E-state index is 5.70. The van der Waals surface area contributed by atoms with Crippen LogP contribution in [-0.2, 0) is 6.54 Å². The zero-order valence-electron chi connectivity index (χ0n) is 10.3. The van der Waals surface area contributed by atoms with E-state index in [1.807, 2.05) is 6.07 Å². The molecule has 1 N–H and O–H groups in total. The summed E-state index contributed by atoms with van der Waals surface area (Å²) in [7, 11) is 1.67. The smallest absolute Gasteiger partial charge is 0.133 e. The summed E-state index contributed by atoms with van der Waals surface area (Å²) in [6, 6.07) is 6.13. The molecule has 0 aliphatic rings. The van der Waals surface area contributed by atoms with E-state index in [4.69, 9.17) is 16.3 Å². The summed E-state index contributed by atoms with van der Waals surface area (Å²) in [4.78, 5) is 0. The van der Waals surface area contributed by atoms with Crippen LogP contribution in [0.1, 0.15) is 18.9 Å². The lowest BCUT2D eigenvalue weighted by Gasteiger charge is -2.11. The van der Waals surface area contributed by atoms with E-state index in [9.17, 15) is 0 Å². The van der Waals surface area contributed by atoms with Crippen LogP contribution in [0.2, 0.25) is 0 Å². The molecule has 0 aliphatic heterocycles. The van der Waals surface area contributed by atoms with Crippen LogP contribution in [0.5, 0.6) is 5.75 Å². The van der Waals surface area contributed by atoms with Crippen molar-refractivity contribution in [1.82, 2.24) is 5.32 Å². The summed E-state index contributed by atoms with van der Waals surface area (Å²) in [5.74, 6) is 2.22. The zero-order valence-corrected chi connectivity index (χ0v) is 12.6. The van der Waals surface area contributed by atoms with E-state index in [-0.39, 0.29) is 0 Å². The van der Waals surface area contributed by atoms with Crippen LogP contribution in [0.25, 0.3) is 0 Å². The van der Waals surface area contributed by atoms with Gasteiger partial charge in [0.05, 0.1) is 11.6 Å². The van der Waals surface area contributed by atoms with E-state index >= 15 is 0 Å². The van der Waals surface area contributed by atoms with Gasteiger partial charge in [-0.25, -0.2) is 0 Å². The van der Waals surface area contributed by atoms with Crippen molar-refractivity contribution in [2.24, 2.45) is 5.92 Å². The Morgan fingerprint density at radius 3 is 2.82 bits per heavy atom. The van der Waals surface area contributed by atoms with Gasteiger partial charge >= 0.3 is 0 Å². The van der Waals surface area contributed by atoms with Gasteiger partial charge < -0.3 is 10.1 Å².